The largest absolute Gasteiger partial charge is 0.387 e. The van der Waals surface area contributed by atoms with Gasteiger partial charge in [0, 0.05) is 41.7 Å². The van der Waals surface area contributed by atoms with Crippen molar-refractivity contribution in [2.24, 2.45) is 0 Å². The summed E-state index contributed by atoms with van der Waals surface area (Å²) in [7, 11) is 0. The molecule has 0 aromatic carbocycles. The van der Waals surface area contributed by atoms with Crippen molar-refractivity contribution in [2.75, 3.05) is 32.9 Å². The summed E-state index contributed by atoms with van der Waals surface area (Å²) in [6, 6.07) is 0. The molecule has 7 nitrogen and oxygen atoms in total. The maximum Gasteiger partial charge on any atom is 0.185 e. The maximum absolute atomic E-state index is 12.2. The van der Waals surface area contributed by atoms with E-state index in [2.05, 4.69) is 9.88 Å². The Kier molecular flexibility index (Phi) is 5.44. The van der Waals surface area contributed by atoms with Crippen LogP contribution >= 0.6 is 0 Å². The molecule has 3 heterocycles. The summed E-state index contributed by atoms with van der Waals surface area (Å²) in [5.74, 6) is -0.0515. The zero-order valence-corrected chi connectivity index (χ0v) is 16.3. The van der Waals surface area contributed by atoms with Crippen LogP contribution in [0.2, 0.25) is 0 Å². The van der Waals surface area contributed by atoms with Crippen molar-refractivity contribution < 1.29 is 24.1 Å². The lowest BCUT2D eigenvalue weighted by molar-refractivity contribution is -0.171. The molecule has 1 aromatic heterocycles. The normalized spacial score (nSPS) is 29.8. The number of aryl methyl sites for hydroxylation is 1. The molecular weight excluding hydrogens is 360 g/mol. The van der Waals surface area contributed by atoms with Crippen LogP contribution in [-0.2, 0) is 20.8 Å². The Balaban J connectivity index is 1.60. The third-order valence-corrected chi connectivity index (χ3v) is 5.74. The van der Waals surface area contributed by atoms with Crippen molar-refractivity contribution in [1.82, 2.24) is 9.88 Å². The molecule has 1 aliphatic carbocycles. The van der Waals surface area contributed by atoms with Gasteiger partial charge in [-0.3, -0.25) is 14.7 Å². The number of aromatic nitrogens is 1. The average molecular weight is 386 g/mol. The maximum atomic E-state index is 12.2. The Morgan fingerprint density at radius 1 is 1.39 bits per heavy atom. The fourth-order valence-corrected chi connectivity index (χ4v) is 4.24. The number of nitrogens with zero attached hydrogens (tertiary/aromatic N) is 2. The molecule has 4 rings (SSSR count). The molecule has 0 saturated carbocycles. The van der Waals surface area contributed by atoms with Gasteiger partial charge in [0.1, 0.15) is 0 Å². The molecule has 28 heavy (non-hydrogen) atoms. The number of aliphatic hydroxyl groups is 1. The molecule has 1 N–H and O–H groups in total. The standard InChI is InChI=1S/C21H26N2O5/c1-14-18(15(2)24)19-16(11-22-14)12-27-20(19)28-13-21(6-4-3-5-17(21)25)23-7-9-26-10-8-23/h3-6,11,17,20,25H,7-10,12-13H2,1-2H3. The lowest BCUT2D eigenvalue weighted by Gasteiger charge is -2.46. The Bertz CT molecular complexity index is 815. The number of morpholine rings is 1. The molecular formula is C21H26N2O5. The number of rotatable bonds is 5. The van der Waals surface area contributed by atoms with Gasteiger partial charge in [-0.15, -0.1) is 0 Å². The number of carbonyl (C=O) groups is 1. The van der Waals surface area contributed by atoms with Crippen LogP contribution < -0.4 is 0 Å². The second-order valence-electron chi connectivity index (χ2n) is 7.45. The van der Waals surface area contributed by atoms with E-state index >= 15 is 0 Å². The molecule has 1 saturated heterocycles. The quantitative estimate of drug-likeness (QED) is 0.772. The molecule has 1 aromatic rings. The minimum atomic E-state index is -0.706. The third kappa shape index (κ3) is 3.33. The van der Waals surface area contributed by atoms with Gasteiger partial charge in [-0.25, -0.2) is 0 Å². The van der Waals surface area contributed by atoms with E-state index in [4.69, 9.17) is 14.2 Å². The SMILES string of the molecule is CC(=O)c1c(C)ncc2c1C(OCC1(N3CCOCC3)C=CC=CC1O)OC2. The molecule has 0 bridgehead atoms. The summed E-state index contributed by atoms with van der Waals surface area (Å²) in [5.41, 5.74) is 2.19. The van der Waals surface area contributed by atoms with E-state index < -0.39 is 17.9 Å². The molecule has 3 unspecified atom stereocenters. The van der Waals surface area contributed by atoms with Crippen LogP contribution in [0.1, 0.15) is 40.4 Å². The molecule has 0 amide bonds. The van der Waals surface area contributed by atoms with Gasteiger partial charge in [-0.05, 0) is 13.8 Å². The Morgan fingerprint density at radius 3 is 2.89 bits per heavy atom. The average Bonchev–Trinajstić information content (AvgIpc) is 3.11. The highest BCUT2D eigenvalue weighted by Gasteiger charge is 2.43. The Morgan fingerprint density at radius 2 is 2.18 bits per heavy atom. The second-order valence-corrected chi connectivity index (χ2v) is 7.45. The Hall–Kier alpha value is -1.90. The number of aliphatic hydroxyl groups excluding tert-OH is 1. The summed E-state index contributed by atoms with van der Waals surface area (Å²) in [6.45, 7) is 6.61. The van der Waals surface area contributed by atoms with Gasteiger partial charge in [0.2, 0.25) is 0 Å². The predicted molar refractivity (Wildman–Crippen MR) is 102 cm³/mol. The van der Waals surface area contributed by atoms with Crippen LogP contribution in [0.5, 0.6) is 0 Å². The summed E-state index contributed by atoms with van der Waals surface area (Å²) in [5, 5.41) is 10.8. The van der Waals surface area contributed by atoms with Crippen molar-refractivity contribution in [2.45, 2.75) is 38.4 Å². The Labute approximate surface area is 164 Å². The van der Waals surface area contributed by atoms with Gasteiger partial charge in [-0.1, -0.05) is 24.3 Å². The van der Waals surface area contributed by atoms with Gasteiger partial charge in [0.15, 0.2) is 12.1 Å². The van der Waals surface area contributed by atoms with Crippen molar-refractivity contribution in [3.63, 3.8) is 0 Å². The van der Waals surface area contributed by atoms with Crippen molar-refractivity contribution >= 4 is 5.78 Å². The van der Waals surface area contributed by atoms with Gasteiger partial charge < -0.3 is 19.3 Å². The predicted octanol–water partition coefficient (Wildman–Crippen LogP) is 1.70. The number of hydrogen-bond donors (Lipinski definition) is 1. The van der Waals surface area contributed by atoms with Crippen molar-refractivity contribution in [3.05, 3.63) is 52.9 Å². The van der Waals surface area contributed by atoms with Gasteiger partial charge in [0.05, 0.1) is 38.1 Å². The lowest BCUT2D eigenvalue weighted by atomic mass is 9.86. The number of ether oxygens (including phenoxy) is 3. The van der Waals surface area contributed by atoms with Gasteiger partial charge in [0.25, 0.3) is 0 Å². The first-order valence-electron chi connectivity index (χ1n) is 9.62. The van der Waals surface area contributed by atoms with Gasteiger partial charge in [-0.2, -0.15) is 0 Å². The smallest absolute Gasteiger partial charge is 0.185 e. The summed E-state index contributed by atoms with van der Waals surface area (Å²) < 4.78 is 17.5. The second kappa shape index (κ2) is 7.85. The molecule has 3 atom stereocenters. The highest BCUT2D eigenvalue weighted by atomic mass is 16.7. The number of hydrogen-bond acceptors (Lipinski definition) is 7. The van der Waals surface area contributed by atoms with Crippen molar-refractivity contribution in [3.8, 4) is 0 Å². The molecule has 0 spiro atoms. The fraction of sp³-hybridized carbons (Fsp3) is 0.524. The van der Waals surface area contributed by atoms with Crippen LogP contribution in [0.15, 0.2) is 30.5 Å². The van der Waals surface area contributed by atoms with E-state index in [0.29, 0.717) is 44.2 Å². The first-order valence-corrected chi connectivity index (χ1v) is 9.62. The van der Waals surface area contributed by atoms with Crippen LogP contribution in [0.25, 0.3) is 0 Å². The number of ketones is 1. The number of fused-ring (bicyclic) bond motifs is 1. The first kappa shape index (κ1) is 19.4. The summed E-state index contributed by atoms with van der Waals surface area (Å²) in [6.07, 6.45) is 7.93. The minimum absolute atomic E-state index is 0.0515. The van der Waals surface area contributed by atoms with Crippen LogP contribution in [0.4, 0.5) is 0 Å². The number of Topliss-reactive ketones (excluding diaryl/α,β-unsaturated/α-hetero) is 1. The van der Waals surface area contributed by atoms with E-state index in [1.54, 1.807) is 12.3 Å². The van der Waals surface area contributed by atoms with E-state index in [-0.39, 0.29) is 12.4 Å². The molecule has 0 radical (unpaired) electrons. The highest BCUT2D eigenvalue weighted by Crippen LogP contribution is 2.37. The van der Waals surface area contributed by atoms with Crippen molar-refractivity contribution in [1.29, 1.82) is 0 Å². The van der Waals surface area contributed by atoms with Crippen LogP contribution in [0, 0.1) is 6.92 Å². The van der Waals surface area contributed by atoms with Crippen LogP contribution in [-0.4, -0.2) is 65.3 Å². The third-order valence-electron chi connectivity index (χ3n) is 5.74. The number of pyridine rings is 1. The molecule has 7 heteroatoms. The summed E-state index contributed by atoms with van der Waals surface area (Å²) >= 11 is 0. The molecule has 3 aliphatic rings. The zero-order valence-electron chi connectivity index (χ0n) is 16.3. The monoisotopic (exact) mass is 386 g/mol. The number of allylic oxidation sites excluding steroid dienone is 2. The molecule has 2 aliphatic heterocycles. The van der Waals surface area contributed by atoms with E-state index in [1.165, 1.54) is 6.92 Å². The topological polar surface area (TPSA) is 81.1 Å². The zero-order chi connectivity index (χ0) is 19.7. The molecule has 150 valence electrons. The molecule has 1 fully saturated rings. The lowest BCUT2D eigenvalue weighted by Crippen LogP contribution is -2.61. The van der Waals surface area contributed by atoms with E-state index in [1.807, 2.05) is 25.2 Å². The number of carbonyl (C=O) groups excluding carboxylic acids is 1. The van der Waals surface area contributed by atoms with Gasteiger partial charge >= 0.3 is 0 Å². The highest BCUT2D eigenvalue weighted by molar-refractivity contribution is 5.97. The van der Waals surface area contributed by atoms with E-state index in [9.17, 15) is 9.90 Å². The minimum Gasteiger partial charge on any atom is -0.387 e. The van der Waals surface area contributed by atoms with Crippen LogP contribution in [0.3, 0.4) is 0 Å². The fourth-order valence-electron chi connectivity index (χ4n) is 4.24. The van der Waals surface area contributed by atoms with E-state index in [0.717, 1.165) is 11.1 Å². The summed E-state index contributed by atoms with van der Waals surface area (Å²) in [4.78, 5) is 18.7. The first-order chi connectivity index (χ1) is 13.5.